The van der Waals surface area contributed by atoms with Gasteiger partial charge in [0.05, 0.1) is 11.8 Å². The third kappa shape index (κ3) is 1.88. The second-order valence-electron chi connectivity index (χ2n) is 2.56. The first-order chi connectivity index (χ1) is 6.07. The van der Waals surface area contributed by atoms with Gasteiger partial charge in [0.2, 0.25) is 0 Å². The molecule has 0 aliphatic heterocycles. The molecule has 0 aromatic carbocycles. The maximum Gasteiger partial charge on any atom is 0.267 e. The number of pyridine rings is 1. The number of aromatic nitrogens is 1. The van der Waals surface area contributed by atoms with E-state index in [9.17, 15) is 8.78 Å². The van der Waals surface area contributed by atoms with Gasteiger partial charge in [-0.1, -0.05) is 0 Å². The summed E-state index contributed by atoms with van der Waals surface area (Å²) in [6.45, 7) is 1.57. The number of alkyl halides is 3. The molecular weight excluding hydrogens is 200 g/mol. The maximum atomic E-state index is 12.4. The van der Waals surface area contributed by atoms with Crippen LogP contribution in [-0.2, 0) is 5.88 Å². The molecular formula is C8H8ClF2NO. The van der Waals surface area contributed by atoms with Crippen molar-refractivity contribution in [1.82, 2.24) is 4.98 Å². The van der Waals surface area contributed by atoms with Gasteiger partial charge in [0, 0.05) is 17.1 Å². The Kier molecular flexibility index (Phi) is 3.03. The average molecular weight is 208 g/mol. The summed E-state index contributed by atoms with van der Waals surface area (Å²) in [6.07, 6.45) is -1.72. The third-order valence-electron chi connectivity index (χ3n) is 1.77. The second-order valence-corrected chi connectivity index (χ2v) is 2.82. The topological polar surface area (TPSA) is 33.1 Å². The SMILES string of the molecule is Cc1ncc(O)c(C(F)F)c1CCl. The van der Waals surface area contributed by atoms with Crippen molar-refractivity contribution in [2.75, 3.05) is 0 Å². The zero-order valence-electron chi connectivity index (χ0n) is 6.89. The van der Waals surface area contributed by atoms with Crippen LogP contribution in [0.5, 0.6) is 5.75 Å². The molecule has 0 bridgehead atoms. The fourth-order valence-corrected chi connectivity index (χ4v) is 1.40. The van der Waals surface area contributed by atoms with Crippen molar-refractivity contribution < 1.29 is 13.9 Å². The van der Waals surface area contributed by atoms with E-state index in [1.54, 1.807) is 6.92 Å². The Hall–Kier alpha value is -0.900. The Morgan fingerprint density at radius 3 is 2.62 bits per heavy atom. The van der Waals surface area contributed by atoms with Crippen LogP contribution >= 0.6 is 11.6 Å². The molecule has 1 heterocycles. The van der Waals surface area contributed by atoms with Gasteiger partial charge in [0.15, 0.2) is 0 Å². The summed E-state index contributed by atoms with van der Waals surface area (Å²) in [5.41, 5.74) is 0.210. The second kappa shape index (κ2) is 3.87. The number of rotatable bonds is 2. The van der Waals surface area contributed by atoms with E-state index in [0.29, 0.717) is 5.69 Å². The zero-order valence-corrected chi connectivity index (χ0v) is 7.65. The number of nitrogens with zero attached hydrogens (tertiary/aromatic N) is 1. The third-order valence-corrected chi connectivity index (χ3v) is 2.04. The highest BCUT2D eigenvalue weighted by atomic mass is 35.5. The van der Waals surface area contributed by atoms with Crippen molar-refractivity contribution >= 4 is 11.6 Å². The lowest BCUT2D eigenvalue weighted by Crippen LogP contribution is -1.98. The van der Waals surface area contributed by atoms with E-state index < -0.39 is 17.7 Å². The van der Waals surface area contributed by atoms with Gasteiger partial charge in [-0.2, -0.15) is 0 Å². The number of halogens is 3. The summed E-state index contributed by atoms with van der Waals surface area (Å²) < 4.78 is 24.8. The van der Waals surface area contributed by atoms with E-state index in [1.807, 2.05) is 0 Å². The van der Waals surface area contributed by atoms with Crippen LogP contribution in [-0.4, -0.2) is 10.1 Å². The minimum Gasteiger partial charge on any atom is -0.506 e. The van der Waals surface area contributed by atoms with Crippen molar-refractivity contribution in [3.8, 4) is 5.75 Å². The normalized spacial score (nSPS) is 10.8. The van der Waals surface area contributed by atoms with E-state index in [1.165, 1.54) is 0 Å². The molecule has 1 N–H and O–H groups in total. The first-order valence-electron chi connectivity index (χ1n) is 3.59. The lowest BCUT2D eigenvalue weighted by atomic mass is 10.1. The molecule has 1 aromatic rings. The number of aryl methyl sites for hydroxylation is 1. The van der Waals surface area contributed by atoms with Gasteiger partial charge in [-0.15, -0.1) is 11.6 Å². The van der Waals surface area contributed by atoms with Crippen molar-refractivity contribution in [1.29, 1.82) is 0 Å². The maximum absolute atomic E-state index is 12.4. The van der Waals surface area contributed by atoms with Crippen molar-refractivity contribution in [2.45, 2.75) is 19.2 Å². The molecule has 0 fully saturated rings. The summed E-state index contributed by atoms with van der Waals surface area (Å²) in [7, 11) is 0. The Morgan fingerprint density at radius 2 is 2.23 bits per heavy atom. The summed E-state index contributed by atoms with van der Waals surface area (Å²) in [4.78, 5) is 3.72. The molecule has 0 spiro atoms. The Bertz CT molecular complexity index is 317. The van der Waals surface area contributed by atoms with Gasteiger partial charge in [-0.3, -0.25) is 4.98 Å². The monoisotopic (exact) mass is 207 g/mol. The number of aromatic hydroxyl groups is 1. The van der Waals surface area contributed by atoms with Crippen molar-refractivity contribution in [3.63, 3.8) is 0 Å². The molecule has 0 aliphatic rings. The van der Waals surface area contributed by atoms with Crippen LogP contribution in [0.3, 0.4) is 0 Å². The molecule has 0 radical (unpaired) electrons. The van der Waals surface area contributed by atoms with Crippen molar-refractivity contribution in [3.05, 3.63) is 23.0 Å². The first-order valence-corrected chi connectivity index (χ1v) is 4.12. The van der Waals surface area contributed by atoms with Crippen LogP contribution < -0.4 is 0 Å². The van der Waals surface area contributed by atoms with E-state index in [0.717, 1.165) is 6.20 Å². The summed E-state index contributed by atoms with van der Waals surface area (Å²) >= 11 is 5.47. The predicted molar refractivity (Wildman–Crippen MR) is 45.2 cm³/mol. The van der Waals surface area contributed by atoms with E-state index >= 15 is 0 Å². The van der Waals surface area contributed by atoms with Gasteiger partial charge >= 0.3 is 0 Å². The van der Waals surface area contributed by atoms with Gasteiger partial charge < -0.3 is 5.11 Å². The molecule has 1 rings (SSSR count). The Balaban J connectivity index is 3.35. The van der Waals surface area contributed by atoms with Gasteiger partial charge in [-0.05, 0) is 6.92 Å². The summed E-state index contributed by atoms with van der Waals surface area (Å²) in [5.74, 6) is -0.580. The minimum atomic E-state index is -2.73. The standard InChI is InChI=1S/C8H8ClF2NO/c1-4-5(2-9)7(8(10)11)6(13)3-12-4/h3,8,13H,2H2,1H3. The Labute approximate surface area is 79.2 Å². The van der Waals surface area contributed by atoms with E-state index in [2.05, 4.69) is 4.98 Å². The lowest BCUT2D eigenvalue weighted by molar-refractivity contribution is 0.146. The largest absolute Gasteiger partial charge is 0.506 e. The molecule has 0 atom stereocenters. The smallest absolute Gasteiger partial charge is 0.267 e. The molecule has 13 heavy (non-hydrogen) atoms. The molecule has 0 saturated carbocycles. The quantitative estimate of drug-likeness (QED) is 0.757. The highest BCUT2D eigenvalue weighted by Gasteiger charge is 2.19. The molecule has 0 aliphatic carbocycles. The molecule has 0 unspecified atom stereocenters. The predicted octanol–water partition coefficient (Wildman–Crippen LogP) is 2.77. The molecule has 1 aromatic heterocycles. The fraction of sp³-hybridized carbons (Fsp3) is 0.375. The highest BCUT2D eigenvalue weighted by Crippen LogP contribution is 2.32. The highest BCUT2D eigenvalue weighted by molar-refractivity contribution is 6.17. The molecule has 72 valence electrons. The van der Waals surface area contributed by atoms with Gasteiger partial charge in [0.1, 0.15) is 5.75 Å². The van der Waals surface area contributed by atoms with Gasteiger partial charge in [0.25, 0.3) is 6.43 Å². The van der Waals surface area contributed by atoms with Gasteiger partial charge in [-0.25, -0.2) is 8.78 Å². The molecule has 0 amide bonds. The van der Waals surface area contributed by atoms with Crippen LogP contribution in [0.2, 0.25) is 0 Å². The van der Waals surface area contributed by atoms with Crippen LogP contribution in [0.4, 0.5) is 8.78 Å². The van der Waals surface area contributed by atoms with E-state index in [-0.39, 0.29) is 11.4 Å². The van der Waals surface area contributed by atoms with E-state index in [4.69, 9.17) is 16.7 Å². The van der Waals surface area contributed by atoms with Crippen molar-refractivity contribution in [2.24, 2.45) is 0 Å². The number of hydrogen-bond donors (Lipinski definition) is 1. The minimum absolute atomic E-state index is 0.0765. The summed E-state index contributed by atoms with van der Waals surface area (Å²) in [5, 5.41) is 9.12. The number of hydrogen-bond acceptors (Lipinski definition) is 2. The fourth-order valence-electron chi connectivity index (χ4n) is 1.07. The first kappa shape index (κ1) is 10.2. The van der Waals surface area contributed by atoms with Crippen LogP contribution in [0.1, 0.15) is 23.2 Å². The van der Waals surface area contributed by atoms with Crippen LogP contribution in [0, 0.1) is 6.92 Å². The molecule has 2 nitrogen and oxygen atoms in total. The van der Waals surface area contributed by atoms with Crippen LogP contribution in [0.15, 0.2) is 6.20 Å². The zero-order chi connectivity index (χ0) is 10.0. The van der Waals surface area contributed by atoms with Crippen LogP contribution in [0.25, 0.3) is 0 Å². The molecule has 5 heteroatoms. The Morgan fingerprint density at radius 1 is 1.62 bits per heavy atom. The average Bonchev–Trinajstić information content (AvgIpc) is 2.07. The summed E-state index contributed by atoms with van der Waals surface area (Å²) in [6, 6.07) is 0. The molecule has 0 saturated heterocycles. The lowest BCUT2D eigenvalue weighted by Gasteiger charge is -2.09.